The van der Waals surface area contributed by atoms with Gasteiger partial charge in [-0.15, -0.1) is 11.7 Å². The number of rotatable bonds is 7. The summed E-state index contributed by atoms with van der Waals surface area (Å²) in [4.78, 5) is 0. The zero-order valence-electron chi connectivity index (χ0n) is 17.7. The first-order chi connectivity index (χ1) is 14.7. The van der Waals surface area contributed by atoms with Crippen LogP contribution in [0.1, 0.15) is 44.1 Å². The average Bonchev–Trinajstić information content (AvgIpc) is 3.19. The summed E-state index contributed by atoms with van der Waals surface area (Å²) < 4.78 is 13.9. The second-order valence-corrected chi connectivity index (χ2v) is 8.08. The quantitative estimate of drug-likeness (QED) is 0.652. The zero-order chi connectivity index (χ0) is 20.9. The Morgan fingerprint density at radius 2 is 1.97 bits per heavy atom. The molecule has 30 heavy (non-hydrogen) atoms. The highest BCUT2D eigenvalue weighted by molar-refractivity contribution is 5.71. The van der Waals surface area contributed by atoms with Crippen molar-refractivity contribution in [2.75, 3.05) is 7.11 Å². The van der Waals surface area contributed by atoms with E-state index in [1.54, 1.807) is 7.11 Å². The molecule has 1 saturated carbocycles. The Labute approximate surface area is 178 Å². The summed E-state index contributed by atoms with van der Waals surface area (Å²) in [5, 5.41) is 4.84. The number of ether oxygens (including phenoxy) is 2. The smallest absolute Gasteiger partial charge is 0.234 e. The number of nitrogens with zero attached hydrogens (tertiary/aromatic N) is 2. The maximum atomic E-state index is 6.28. The molecule has 2 aliphatic rings. The molecule has 1 heterocycles. The number of nitrogens with two attached hydrogens (primary N) is 1. The minimum absolute atomic E-state index is 0.175. The van der Waals surface area contributed by atoms with Crippen LogP contribution in [0.3, 0.4) is 0 Å². The molecule has 0 radical (unpaired) electrons. The van der Waals surface area contributed by atoms with Crippen molar-refractivity contribution in [2.45, 2.75) is 57.1 Å². The highest BCUT2D eigenvalue weighted by atomic mass is 16.5. The summed E-state index contributed by atoms with van der Waals surface area (Å²) in [5.41, 5.74) is 10.3. The third-order valence-electron chi connectivity index (χ3n) is 5.90. The van der Waals surface area contributed by atoms with E-state index in [2.05, 4.69) is 43.0 Å². The summed E-state index contributed by atoms with van der Waals surface area (Å²) in [6, 6.07) is 10.9. The molecule has 0 unspecified atom stereocenters. The second kappa shape index (κ2) is 9.35. The third-order valence-corrected chi connectivity index (χ3v) is 5.90. The minimum Gasteiger partial charge on any atom is -0.499 e. The third kappa shape index (κ3) is 4.51. The lowest BCUT2D eigenvalue weighted by atomic mass is 9.94. The van der Waals surface area contributed by atoms with Crippen LogP contribution >= 0.6 is 0 Å². The number of hydrogen-bond donors (Lipinski definition) is 1. The Balaban J connectivity index is 1.69. The van der Waals surface area contributed by atoms with Gasteiger partial charge in [-0.2, -0.15) is 0 Å². The van der Waals surface area contributed by atoms with Crippen LogP contribution in [-0.2, 0) is 11.2 Å². The van der Waals surface area contributed by atoms with E-state index in [0.29, 0.717) is 11.9 Å². The molecule has 2 N–H and O–H groups in total. The lowest BCUT2D eigenvalue weighted by molar-refractivity contribution is 0.140. The molecule has 5 nitrogen and oxygen atoms in total. The van der Waals surface area contributed by atoms with E-state index in [-0.39, 0.29) is 6.10 Å². The van der Waals surface area contributed by atoms with E-state index in [4.69, 9.17) is 20.3 Å². The van der Waals surface area contributed by atoms with Crippen LogP contribution in [0.25, 0.3) is 17.0 Å². The van der Waals surface area contributed by atoms with Gasteiger partial charge < -0.3 is 15.2 Å². The first kappa shape index (κ1) is 20.5. The molecule has 0 spiro atoms. The van der Waals surface area contributed by atoms with Crippen LogP contribution in [0, 0.1) is 0 Å². The molecular formula is C25H31N3O2. The molecule has 0 saturated heterocycles. The highest BCUT2D eigenvalue weighted by Gasteiger charge is 2.23. The standard InChI is InChI=1S/C25H31N3O2/c1-3-6-18-9-11-19(12-10-18)23-17-25(30-21-15-13-20(26)14-16-21)27-28(23)22-7-4-5-8-24(22)29-2/h3-4,7,9-12,17,20-21H,1,5-6,8,13-16,26H2,2H3. The van der Waals surface area contributed by atoms with Crippen molar-refractivity contribution in [3.05, 3.63) is 66.5 Å². The summed E-state index contributed by atoms with van der Waals surface area (Å²) >= 11 is 0. The molecule has 5 heteroatoms. The molecule has 4 rings (SSSR count). The molecule has 0 aliphatic heterocycles. The maximum absolute atomic E-state index is 6.28. The first-order valence-electron chi connectivity index (χ1n) is 10.8. The molecule has 2 aliphatic carbocycles. The summed E-state index contributed by atoms with van der Waals surface area (Å²) in [6.07, 6.45) is 13.0. The average molecular weight is 406 g/mol. The molecule has 0 atom stereocenters. The molecule has 2 aromatic rings. The predicted octanol–water partition coefficient (Wildman–Crippen LogP) is 5.09. The molecule has 0 amide bonds. The first-order valence-corrected chi connectivity index (χ1v) is 10.8. The molecule has 158 valence electrons. The number of hydrogen-bond acceptors (Lipinski definition) is 4. The lowest BCUT2D eigenvalue weighted by Gasteiger charge is -2.25. The van der Waals surface area contributed by atoms with E-state index in [9.17, 15) is 0 Å². The number of allylic oxidation sites excluding steroid dienone is 5. The van der Waals surface area contributed by atoms with Crippen LogP contribution in [0.2, 0.25) is 0 Å². The van der Waals surface area contributed by atoms with E-state index in [1.807, 2.05) is 16.8 Å². The van der Waals surface area contributed by atoms with Crippen LogP contribution in [0.15, 0.2) is 60.9 Å². The summed E-state index contributed by atoms with van der Waals surface area (Å²) in [7, 11) is 1.73. The maximum Gasteiger partial charge on any atom is 0.234 e. The fourth-order valence-corrected chi connectivity index (χ4v) is 4.19. The van der Waals surface area contributed by atoms with Gasteiger partial charge in [-0.25, -0.2) is 4.68 Å². The van der Waals surface area contributed by atoms with Gasteiger partial charge in [-0.3, -0.25) is 0 Å². The fraction of sp³-hybridized carbons (Fsp3) is 0.400. The second-order valence-electron chi connectivity index (χ2n) is 8.08. The molecule has 1 fully saturated rings. The van der Waals surface area contributed by atoms with E-state index >= 15 is 0 Å². The van der Waals surface area contributed by atoms with Gasteiger partial charge >= 0.3 is 0 Å². The Kier molecular flexibility index (Phi) is 6.38. The molecule has 0 bridgehead atoms. The van der Waals surface area contributed by atoms with E-state index in [1.165, 1.54) is 5.56 Å². The Hall–Kier alpha value is -2.79. The van der Waals surface area contributed by atoms with Crippen LogP contribution in [0.5, 0.6) is 5.88 Å². The van der Waals surface area contributed by atoms with Gasteiger partial charge in [0.25, 0.3) is 0 Å². The largest absolute Gasteiger partial charge is 0.499 e. The molecular weight excluding hydrogens is 374 g/mol. The van der Waals surface area contributed by atoms with Crippen molar-refractivity contribution in [1.29, 1.82) is 0 Å². The monoisotopic (exact) mass is 405 g/mol. The Morgan fingerprint density at radius 1 is 1.20 bits per heavy atom. The van der Waals surface area contributed by atoms with Crippen molar-refractivity contribution in [1.82, 2.24) is 9.78 Å². The van der Waals surface area contributed by atoms with Crippen LogP contribution in [-0.4, -0.2) is 29.0 Å². The van der Waals surface area contributed by atoms with Crippen molar-refractivity contribution in [2.24, 2.45) is 5.73 Å². The predicted molar refractivity (Wildman–Crippen MR) is 121 cm³/mol. The van der Waals surface area contributed by atoms with E-state index < -0.39 is 0 Å². The van der Waals surface area contributed by atoms with Gasteiger partial charge in [-0.1, -0.05) is 36.4 Å². The van der Waals surface area contributed by atoms with Gasteiger partial charge in [0.15, 0.2) is 0 Å². The number of aromatic nitrogens is 2. The lowest BCUT2D eigenvalue weighted by Crippen LogP contribution is -2.31. The van der Waals surface area contributed by atoms with Crippen molar-refractivity contribution in [3.8, 4) is 17.1 Å². The number of methoxy groups -OCH3 is 1. The molecule has 1 aromatic carbocycles. The van der Waals surface area contributed by atoms with Gasteiger partial charge in [0, 0.05) is 24.1 Å². The molecule has 1 aromatic heterocycles. The zero-order valence-corrected chi connectivity index (χ0v) is 17.7. The Morgan fingerprint density at radius 3 is 2.67 bits per heavy atom. The van der Waals surface area contributed by atoms with E-state index in [0.717, 1.165) is 67.7 Å². The van der Waals surface area contributed by atoms with Crippen LogP contribution < -0.4 is 10.5 Å². The number of benzene rings is 1. The van der Waals surface area contributed by atoms with Gasteiger partial charge in [0.1, 0.15) is 17.6 Å². The topological polar surface area (TPSA) is 62.3 Å². The van der Waals surface area contributed by atoms with Crippen molar-refractivity contribution < 1.29 is 9.47 Å². The van der Waals surface area contributed by atoms with Gasteiger partial charge in [0.2, 0.25) is 5.88 Å². The van der Waals surface area contributed by atoms with Crippen molar-refractivity contribution >= 4 is 5.70 Å². The highest BCUT2D eigenvalue weighted by Crippen LogP contribution is 2.33. The minimum atomic E-state index is 0.175. The van der Waals surface area contributed by atoms with Gasteiger partial charge in [0.05, 0.1) is 12.8 Å². The normalized spacial score (nSPS) is 21.5. The van der Waals surface area contributed by atoms with Crippen molar-refractivity contribution in [3.63, 3.8) is 0 Å². The SMILES string of the molecule is C=CCc1ccc(-c2cc(OC3CCC(N)CC3)nn2C2=C(OC)CCC=C2)cc1. The van der Waals surface area contributed by atoms with Crippen LogP contribution in [0.4, 0.5) is 0 Å². The Bertz CT molecular complexity index is 932. The van der Waals surface area contributed by atoms with Gasteiger partial charge in [-0.05, 0) is 50.2 Å². The summed E-state index contributed by atoms with van der Waals surface area (Å²) in [6.45, 7) is 3.83. The fourth-order valence-electron chi connectivity index (χ4n) is 4.19. The summed E-state index contributed by atoms with van der Waals surface area (Å²) in [5.74, 6) is 1.60.